The van der Waals surface area contributed by atoms with Crippen molar-refractivity contribution in [2.45, 2.75) is 0 Å². The molecule has 1 aliphatic heterocycles. The van der Waals surface area contributed by atoms with Crippen LogP contribution in [0.1, 0.15) is 5.76 Å². The SMILES string of the molecule is N#C/C(=C\c1ccc(-c2ccccc2[N+](=O)[O-])o1)C(=O)Nc1cc(Cl)ccc1N1CCOCC1. The van der Waals surface area contributed by atoms with E-state index in [2.05, 4.69) is 10.2 Å². The maximum atomic E-state index is 12.9. The van der Waals surface area contributed by atoms with Crippen LogP contribution in [0, 0.1) is 21.4 Å². The fraction of sp³-hybridized carbons (Fsp3) is 0.167. The zero-order valence-electron chi connectivity index (χ0n) is 17.9. The van der Waals surface area contributed by atoms with E-state index >= 15 is 0 Å². The zero-order chi connectivity index (χ0) is 24.1. The van der Waals surface area contributed by atoms with Crippen molar-refractivity contribution in [2.24, 2.45) is 0 Å². The molecule has 1 fully saturated rings. The highest BCUT2D eigenvalue weighted by Gasteiger charge is 2.20. The number of anilines is 2. The first kappa shape index (κ1) is 23.0. The Hall–Kier alpha value is -4.13. The lowest BCUT2D eigenvalue weighted by molar-refractivity contribution is -0.384. The van der Waals surface area contributed by atoms with E-state index in [0.29, 0.717) is 42.6 Å². The normalized spacial score (nSPS) is 13.9. The molecule has 2 aromatic carbocycles. The van der Waals surface area contributed by atoms with Gasteiger partial charge in [0.1, 0.15) is 23.2 Å². The third kappa shape index (κ3) is 5.09. The van der Waals surface area contributed by atoms with Crippen molar-refractivity contribution in [1.82, 2.24) is 0 Å². The maximum absolute atomic E-state index is 12.9. The molecule has 0 unspecified atom stereocenters. The van der Waals surface area contributed by atoms with Gasteiger partial charge in [-0.25, -0.2) is 0 Å². The molecule has 0 saturated carbocycles. The Morgan fingerprint density at radius 2 is 1.94 bits per heavy atom. The summed E-state index contributed by atoms with van der Waals surface area (Å²) in [5.41, 5.74) is 1.23. The van der Waals surface area contributed by atoms with Crippen molar-refractivity contribution in [3.05, 3.63) is 81.1 Å². The number of benzene rings is 2. The van der Waals surface area contributed by atoms with E-state index in [1.807, 2.05) is 12.1 Å². The van der Waals surface area contributed by atoms with Crippen molar-refractivity contribution in [2.75, 3.05) is 36.5 Å². The van der Waals surface area contributed by atoms with E-state index in [1.54, 1.807) is 36.4 Å². The Labute approximate surface area is 199 Å². The lowest BCUT2D eigenvalue weighted by Crippen LogP contribution is -2.36. The number of furan rings is 1. The minimum atomic E-state index is -0.636. The van der Waals surface area contributed by atoms with Crippen molar-refractivity contribution >= 4 is 40.6 Å². The average Bonchev–Trinajstić information content (AvgIpc) is 3.31. The summed E-state index contributed by atoms with van der Waals surface area (Å²) in [6.45, 7) is 2.46. The van der Waals surface area contributed by atoms with E-state index < -0.39 is 10.8 Å². The fourth-order valence-corrected chi connectivity index (χ4v) is 3.76. The van der Waals surface area contributed by atoms with Crippen LogP contribution >= 0.6 is 11.6 Å². The number of ether oxygens (including phenoxy) is 1. The van der Waals surface area contributed by atoms with Gasteiger partial charge in [-0.1, -0.05) is 23.7 Å². The van der Waals surface area contributed by atoms with E-state index in [4.69, 9.17) is 20.8 Å². The van der Waals surface area contributed by atoms with Gasteiger partial charge < -0.3 is 19.4 Å². The highest BCUT2D eigenvalue weighted by atomic mass is 35.5. The van der Waals surface area contributed by atoms with E-state index in [9.17, 15) is 20.2 Å². The minimum absolute atomic E-state index is 0.109. The number of nitro groups is 1. The summed E-state index contributed by atoms with van der Waals surface area (Å²) in [4.78, 5) is 25.8. The van der Waals surface area contributed by atoms with Crippen LogP contribution in [0.15, 0.2) is 64.6 Å². The van der Waals surface area contributed by atoms with Crippen LogP contribution in [-0.2, 0) is 9.53 Å². The number of nitro benzene ring substituents is 1. The van der Waals surface area contributed by atoms with Crippen LogP contribution in [0.2, 0.25) is 5.02 Å². The third-order valence-electron chi connectivity index (χ3n) is 5.20. The van der Waals surface area contributed by atoms with Crippen LogP contribution in [0.4, 0.5) is 17.1 Å². The summed E-state index contributed by atoms with van der Waals surface area (Å²) in [6, 6.07) is 16.3. The number of morpholine rings is 1. The second kappa shape index (κ2) is 10.2. The molecule has 2 heterocycles. The number of rotatable bonds is 6. The van der Waals surface area contributed by atoms with Gasteiger partial charge in [0, 0.05) is 30.3 Å². The van der Waals surface area contributed by atoms with Gasteiger partial charge in [0.05, 0.1) is 35.1 Å². The lowest BCUT2D eigenvalue weighted by atomic mass is 10.1. The first-order valence-corrected chi connectivity index (χ1v) is 10.7. The molecule has 10 heteroatoms. The highest BCUT2D eigenvalue weighted by molar-refractivity contribution is 6.31. The topological polar surface area (TPSA) is 122 Å². The number of nitrogens with zero attached hydrogens (tertiary/aromatic N) is 3. The van der Waals surface area contributed by atoms with Crippen molar-refractivity contribution < 1.29 is 18.9 Å². The number of hydrogen-bond acceptors (Lipinski definition) is 7. The van der Waals surface area contributed by atoms with Gasteiger partial charge >= 0.3 is 0 Å². The molecule has 172 valence electrons. The molecular formula is C24H19ClN4O5. The third-order valence-corrected chi connectivity index (χ3v) is 5.44. The highest BCUT2D eigenvalue weighted by Crippen LogP contribution is 2.32. The molecule has 1 saturated heterocycles. The van der Waals surface area contributed by atoms with Crippen molar-refractivity contribution in [3.63, 3.8) is 0 Å². The molecule has 34 heavy (non-hydrogen) atoms. The van der Waals surface area contributed by atoms with Gasteiger partial charge in [-0.05, 0) is 36.4 Å². The molecular weight excluding hydrogens is 460 g/mol. The van der Waals surface area contributed by atoms with E-state index in [-0.39, 0.29) is 22.8 Å². The standard InChI is InChI=1S/C24H19ClN4O5/c25-17-5-7-22(28-9-11-33-12-10-28)20(14-17)27-24(30)16(15-26)13-18-6-8-23(34-18)19-3-1-2-4-21(19)29(31)32/h1-8,13-14H,9-12H2,(H,27,30)/b16-13+. The van der Waals surface area contributed by atoms with Gasteiger partial charge in [0.2, 0.25) is 0 Å². The summed E-state index contributed by atoms with van der Waals surface area (Å²) < 4.78 is 11.1. The van der Waals surface area contributed by atoms with Crippen LogP contribution in [0.25, 0.3) is 17.4 Å². The smallest absolute Gasteiger partial charge is 0.280 e. The van der Waals surface area contributed by atoms with E-state index in [0.717, 1.165) is 5.69 Å². The molecule has 0 aliphatic carbocycles. The first-order chi connectivity index (χ1) is 16.5. The number of halogens is 1. The first-order valence-electron chi connectivity index (χ1n) is 10.4. The maximum Gasteiger partial charge on any atom is 0.280 e. The largest absolute Gasteiger partial charge is 0.456 e. The molecule has 1 aromatic heterocycles. The van der Waals surface area contributed by atoms with Crippen molar-refractivity contribution in [1.29, 1.82) is 5.26 Å². The summed E-state index contributed by atoms with van der Waals surface area (Å²) >= 11 is 6.14. The van der Waals surface area contributed by atoms with Gasteiger partial charge in [-0.3, -0.25) is 14.9 Å². The fourth-order valence-electron chi connectivity index (χ4n) is 3.59. The number of nitrogens with one attached hydrogen (secondary N) is 1. The Morgan fingerprint density at radius 3 is 2.68 bits per heavy atom. The zero-order valence-corrected chi connectivity index (χ0v) is 18.6. The summed E-state index contributed by atoms with van der Waals surface area (Å²) in [5, 5.41) is 24.1. The molecule has 3 aromatic rings. The molecule has 9 nitrogen and oxygen atoms in total. The predicted octanol–water partition coefficient (Wildman–Crippen LogP) is 4.89. The Bertz CT molecular complexity index is 1300. The molecule has 4 rings (SSSR count). The van der Waals surface area contributed by atoms with Gasteiger partial charge in [0.15, 0.2) is 0 Å². The molecule has 0 bridgehead atoms. The van der Waals surface area contributed by atoms with Crippen LogP contribution in [-0.4, -0.2) is 37.1 Å². The molecule has 0 radical (unpaired) electrons. The summed E-state index contributed by atoms with van der Waals surface area (Å²) in [5.74, 6) is -0.178. The lowest BCUT2D eigenvalue weighted by Gasteiger charge is -2.30. The summed E-state index contributed by atoms with van der Waals surface area (Å²) in [7, 11) is 0. The number of carbonyl (C=O) groups excluding carboxylic acids is 1. The number of carbonyl (C=O) groups is 1. The molecule has 1 aliphatic rings. The molecule has 0 atom stereocenters. The molecule has 1 N–H and O–H groups in total. The second-order valence-corrected chi connectivity index (χ2v) is 7.80. The number of amides is 1. The monoisotopic (exact) mass is 478 g/mol. The van der Waals surface area contributed by atoms with Crippen LogP contribution in [0.3, 0.4) is 0 Å². The molecule has 1 amide bonds. The quantitative estimate of drug-likeness (QED) is 0.231. The number of para-hydroxylation sites is 1. The van der Waals surface area contributed by atoms with Gasteiger partial charge in [0.25, 0.3) is 11.6 Å². The van der Waals surface area contributed by atoms with Crippen LogP contribution < -0.4 is 10.2 Å². The number of nitriles is 1. The summed E-state index contributed by atoms with van der Waals surface area (Å²) in [6.07, 6.45) is 1.28. The van der Waals surface area contributed by atoms with E-state index in [1.165, 1.54) is 18.2 Å². The number of hydrogen-bond donors (Lipinski definition) is 1. The molecule has 0 spiro atoms. The van der Waals surface area contributed by atoms with Gasteiger partial charge in [-0.2, -0.15) is 5.26 Å². The Balaban J connectivity index is 1.58. The average molecular weight is 479 g/mol. The Kier molecular flexibility index (Phi) is 6.92. The van der Waals surface area contributed by atoms with Crippen LogP contribution in [0.5, 0.6) is 0 Å². The second-order valence-electron chi connectivity index (χ2n) is 7.36. The van der Waals surface area contributed by atoms with Crippen molar-refractivity contribution in [3.8, 4) is 17.4 Å². The predicted molar refractivity (Wildman–Crippen MR) is 128 cm³/mol. The minimum Gasteiger partial charge on any atom is -0.456 e. The Morgan fingerprint density at radius 1 is 1.18 bits per heavy atom. The van der Waals surface area contributed by atoms with Gasteiger partial charge in [-0.15, -0.1) is 0 Å².